The van der Waals surface area contributed by atoms with Crippen molar-refractivity contribution in [2.24, 2.45) is 11.3 Å². The van der Waals surface area contributed by atoms with E-state index in [-0.39, 0.29) is 17.2 Å². The number of amides is 1. The largest absolute Gasteiger partial charge is 0.389 e. The Hall–Kier alpha value is -2.39. The topological polar surface area (TPSA) is 49.3 Å². The summed E-state index contributed by atoms with van der Waals surface area (Å²) in [7, 11) is 0. The lowest BCUT2D eigenvalue weighted by Crippen LogP contribution is -2.20. The van der Waals surface area contributed by atoms with Crippen LogP contribution in [0.3, 0.4) is 0 Å². The van der Waals surface area contributed by atoms with Crippen LogP contribution in [0.15, 0.2) is 82.7 Å². The Morgan fingerprint density at radius 3 is 2.68 bits per heavy atom. The van der Waals surface area contributed by atoms with Gasteiger partial charge in [-0.15, -0.1) is 0 Å². The molecule has 0 spiro atoms. The normalized spacial score (nSPS) is 25.2. The molecule has 0 radical (unpaired) electrons. The zero-order chi connectivity index (χ0) is 23.0. The molecule has 0 aromatic rings. The van der Waals surface area contributed by atoms with Gasteiger partial charge in [0.25, 0.3) is 0 Å². The van der Waals surface area contributed by atoms with Gasteiger partial charge in [0, 0.05) is 11.8 Å². The zero-order valence-corrected chi connectivity index (χ0v) is 20.0. The lowest BCUT2D eigenvalue weighted by molar-refractivity contribution is -0.115. The summed E-state index contributed by atoms with van der Waals surface area (Å²) in [6.07, 6.45) is 21.4. The molecule has 3 heteroatoms. The Balaban J connectivity index is 1.96. The highest BCUT2D eigenvalue weighted by Gasteiger charge is 2.26. The number of carbonyl (C=O) groups is 1. The van der Waals surface area contributed by atoms with Crippen LogP contribution in [0.2, 0.25) is 0 Å². The standard InChI is InChI=1S/C28H39NO2/c1-20(12-15-26-23(4)11-8-16-28(26,5)6)9-7-10-21(2)19-27(31)29-24-13-14-25(30)18-22(3)17-24/h7,9-10,12-15,17,19,22,25,30H,8,11,16,18H2,1-6H3,(H,29,31)/b10-7+,15-12+,20-9+,21-19+. The van der Waals surface area contributed by atoms with Gasteiger partial charge in [0.05, 0.1) is 6.10 Å². The summed E-state index contributed by atoms with van der Waals surface area (Å²) >= 11 is 0. The van der Waals surface area contributed by atoms with Gasteiger partial charge >= 0.3 is 0 Å². The molecule has 2 unspecified atom stereocenters. The van der Waals surface area contributed by atoms with E-state index in [9.17, 15) is 9.90 Å². The smallest absolute Gasteiger partial charge is 0.248 e. The summed E-state index contributed by atoms with van der Waals surface area (Å²) in [6.45, 7) is 13.0. The maximum absolute atomic E-state index is 12.3. The number of aliphatic hydroxyl groups excluding tert-OH is 1. The summed E-state index contributed by atoms with van der Waals surface area (Å²) in [5.41, 5.74) is 6.01. The number of hydrogen-bond donors (Lipinski definition) is 2. The number of carbonyl (C=O) groups excluding carboxylic acids is 1. The lowest BCUT2D eigenvalue weighted by Gasteiger charge is -2.32. The minimum absolute atomic E-state index is 0.163. The van der Waals surface area contributed by atoms with Gasteiger partial charge in [0.1, 0.15) is 0 Å². The van der Waals surface area contributed by atoms with Gasteiger partial charge in [0.2, 0.25) is 5.91 Å². The highest BCUT2D eigenvalue weighted by Crippen LogP contribution is 2.40. The van der Waals surface area contributed by atoms with Crippen molar-refractivity contribution in [3.05, 3.63) is 82.7 Å². The van der Waals surface area contributed by atoms with E-state index in [1.165, 1.54) is 36.0 Å². The van der Waals surface area contributed by atoms with E-state index in [0.717, 1.165) is 11.3 Å². The van der Waals surface area contributed by atoms with Crippen molar-refractivity contribution in [1.29, 1.82) is 0 Å². The van der Waals surface area contributed by atoms with Crippen molar-refractivity contribution in [1.82, 2.24) is 5.32 Å². The molecule has 0 fully saturated rings. The summed E-state index contributed by atoms with van der Waals surface area (Å²) in [4.78, 5) is 12.3. The summed E-state index contributed by atoms with van der Waals surface area (Å²) in [6, 6.07) is 0. The van der Waals surface area contributed by atoms with Crippen molar-refractivity contribution in [2.45, 2.75) is 73.3 Å². The first-order valence-electron chi connectivity index (χ1n) is 11.4. The number of rotatable bonds is 6. The Bertz CT molecular complexity index is 875. The van der Waals surface area contributed by atoms with Gasteiger partial charge in [-0.1, -0.05) is 74.4 Å². The van der Waals surface area contributed by atoms with Crippen LogP contribution in [0.4, 0.5) is 0 Å². The van der Waals surface area contributed by atoms with Gasteiger partial charge in [-0.3, -0.25) is 4.79 Å². The summed E-state index contributed by atoms with van der Waals surface area (Å²) < 4.78 is 0. The minimum Gasteiger partial charge on any atom is -0.389 e. The molecule has 1 amide bonds. The van der Waals surface area contributed by atoms with Crippen molar-refractivity contribution >= 4 is 5.91 Å². The average Bonchev–Trinajstić information content (AvgIpc) is 2.80. The molecule has 0 heterocycles. The van der Waals surface area contributed by atoms with Crippen LogP contribution in [-0.4, -0.2) is 17.1 Å². The lowest BCUT2D eigenvalue weighted by atomic mass is 9.72. The molecule has 0 aromatic carbocycles. The molecule has 168 valence electrons. The Labute approximate surface area is 188 Å². The highest BCUT2D eigenvalue weighted by molar-refractivity contribution is 5.90. The monoisotopic (exact) mass is 421 g/mol. The number of nitrogens with one attached hydrogen (secondary N) is 1. The Morgan fingerprint density at radius 2 is 1.97 bits per heavy atom. The first-order chi connectivity index (χ1) is 14.6. The molecule has 2 atom stereocenters. The third kappa shape index (κ3) is 8.34. The SMILES string of the molecule is CC1=C(/C=C/C(C)=C/C=C/C(C)=C/C(=O)NC2=CC(C)CC(O)C=C2)C(C)(C)CCC1. The molecule has 2 aliphatic carbocycles. The summed E-state index contributed by atoms with van der Waals surface area (Å²) in [5.74, 6) is 0.0503. The van der Waals surface area contributed by atoms with Crippen LogP contribution < -0.4 is 5.32 Å². The quantitative estimate of drug-likeness (QED) is 0.381. The molecular weight excluding hydrogens is 382 g/mol. The van der Waals surface area contributed by atoms with Gasteiger partial charge in [-0.05, 0) is 75.0 Å². The van der Waals surface area contributed by atoms with Crippen LogP contribution in [0.5, 0.6) is 0 Å². The molecule has 3 nitrogen and oxygen atoms in total. The van der Waals surface area contributed by atoms with Gasteiger partial charge in [-0.2, -0.15) is 0 Å². The molecule has 2 aliphatic rings. The fourth-order valence-corrected chi connectivity index (χ4v) is 4.25. The van der Waals surface area contributed by atoms with E-state index in [2.05, 4.69) is 51.2 Å². The molecule has 0 saturated carbocycles. The Morgan fingerprint density at radius 1 is 1.23 bits per heavy atom. The minimum atomic E-state index is -0.464. The van der Waals surface area contributed by atoms with Crippen LogP contribution in [0.25, 0.3) is 0 Å². The summed E-state index contributed by atoms with van der Waals surface area (Å²) in [5, 5.41) is 12.7. The number of aliphatic hydroxyl groups is 1. The van der Waals surface area contributed by atoms with E-state index in [4.69, 9.17) is 0 Å². The van der Waals surface area contributed by atoms with Crippen molar-refractivity contribution < 1.29 is 9.90 Å². The second-order valence-corrected chi connectivity index (χ2v) is 9.67. The van der Waals surface area contributed by atoms with Gasteiger partial charge < -0.3 is 10.4 Å². The highest BCUT2D eigenvalue weighted by atomic mass is 16.3. The van der Waals surface area contributed by atoms with E-state index >= 15 is 0 Å². The van der Waals surface area contributed by atoms with E-state index in [1.54, 1.807) is 18.2 Å². The first kappa shape index (κ1) is 24.9. The van der Waals surface area contributed by atoms with Crippen LogP contribution >= 0.6 is 0 Å². The fraction of sp³-hybridized carbons (Fsp3) is 0.464. The fourth-order valence-electron chi connectivity index (χ4n) is 4.25. The maximum Gasteiger partial charge on any atom is 0.248 e. The molecule has 31 heavy (non-hydrogen) atoms. The second-order valence-electron chi connectivity index (χ2n) is 9.67. The molecule has 0 aliphatic heterocycles. The molecule has 2 rings (SSSR count). The van der Waals surface area contributed by atoms with Crippen molar-refractivity contribution in [2.75, 3.05) is 0 Å². The molecule has 0 bridgehead atoms. The Kier molecular flexibility index (Phi) is 9.06. The third-order valence-corrected chi connectivity index (χ3v) is 5.98. The van der Waals surface area contributed by atoms with Crippen LogP contribution in [0.1, 0.15) is 67.2 Å². The first-order valence-corrected chi connectivity index (χ1v) is 11.4. The van der Waals surface area contributed by atoms with E-state index in [0.29, 0.717) is 6.42 Å². The molecule has 0 saturated heterocycles. The molecular formula is C28H39NO2. The zero-order valence-electron chi connectivity index (χ0n) is 20.0. The van der Waals surface area contributed by atoms with Gasteiger partial charge in [0.15, 0.2) is 0 Å². The second kappa shape index (κ2) is 11.3. The predicted molar refractivity (Wildman–Crippen MR) is 131 cm³/mol. The van der Waals surface area contributed by atoms with Crippen molar-refractivity contribution in [3.8, 4) is 0 Å². The maximum atomic E-state index is 12.3. The van der Waals surface area contributed by atoms with Crippen molar-refractivity contribution in [3.63, 3.8) is 0 Å². The number of allylic oxidation sites excluding steroid dienone is 11. The van der Waals surface area contributed by atoms with E-state index < -0.39 is 6.10 Å². The van der Waals surface area contributed by atoms with Crippen LogP contribution in [-0.2, 0) is 4.79 Å². The van der Waals surface area contributed by atoms with Crippen LogP contribution in [0, 0.1) is 11.3 Å². The predicted octanol–water partition coefficient (Wildman–Crippen LogP) is 6.48. The average molecular weight is 422 g/mol. The molecule has 2 N–H and O–H groups in total. The van der Waals surface area contributed by atoms with Gasteiger partial charge in [-0.25, -0.2) is 0 Å². The third-order valence-electron chi connectivity index (χ3n) is 5.98. The van der Waals surface area contributed by atoms with E-state index in [1.807, 2.05) is 32.1 Å². The molecule has 0 aromatic heterocycles. The number of hydrogen-bond acceptors (Lipinski definition) is 2.